The number of hydrogen-bond donors (Lipinski definition) is 1. The van der Waals surface area contributed by atoms with Gasteiger partial charge in [0.05, 0.1) is 0 Å². The lowest BCUT2D eigenvalue weighted by Crippen LogP contribution is -2.55. The maximum absolute atomic E-state index is 5.98. The van der Waals surface area contributed by atoms with Crippen LogP contribution in [0.4, 0.5) is 0 Å². The van der Waals surface area contributed by atoms with Crippen molar-refractivity contribution in [3.63, 3.8) is 0 Å². The predicted octanol–water partition coefficient (Wildman–Crippen LogP) is 1.67. The molecule has 3 unspecified atom stereocenters. The van der Waals surface area contributed by atoms with E-state index in [-0.39, 0.29) is 0 Å². The maximum atomic E-state index is 5.98. The van der Waals surface area contributed by atoms with E-state index in [1.54, 1.807) is 0 Å². The van der Waals surface area contributed by atoms with Crippen molar-refractivity contribution in [3.05, 3.63) is 0 Å². The van der Waals surface area contributed by atoms with E-state index in [2.05, 4.69) is 23.6 Å². The van der Waals surface area contributed by atoms with E-state index in [1.165, 1.54) is 51.9 Å². The van der Waals surface area contributed by atoms with Crippen LogP contribution in [0.1, 0.15) is 46.0 Å². The molecule has 2 rings (SSSR count). The van der Waals surface area contributed by atoms with Gasteiger partial charge in [-0.15, -0.1) is 0 Å². The Morgan fingerprint density at radius 1 is 1.35 bits per heavy atom. The summed E-state index contributed by atoms with van der Waals surface area (Å²) in [5.41, 5.74) is 5.98. The minimum atomic E-state index is 0.415. The summed E-state index contributed by atoms with van der Waals surface area (Å²) < 4.78 is 0. The highest BCUT2D eigenvalue weighted by Gasteiger charge is 2.33. The molecule has 3 nitrogen and oxygen atoms in total. The summed E-state index contributed by atoms with van der Waals surface area (Å²) in [5.74, 6) is 0. The lowest BCUT2D eigenvalue weighted by molar-refractivity contribution is 0.0581. The van der Waals surface area contributed by atoms with Crippen LogP contribution < -0.4 is 5.73 Å². The van der Waals surface area contributed by atoms with Crippen LogP contribution in [-0.2, 0) is 0 Å². The number of piperazine rings is 1. The molecule has 3 atom stereocenters. The fourth-order valence-corrected chi connectivity index (χ4v) is 3.32. The number of rotatable bonds is 5. The molecular formula is C14H29N3. The third kappa shape index (κ3) is 3.43. The van der Waals surface area contributed by atoms with Gasteiger partial charge >= 0.3 is 0 Å². The molecule has 0 aromatic heterocycles. The van der Waals surface area contributed by atoms with E-state index in [0.717, 1.165) is 18.5 Å². The van der Waals surface area contributed by atoms with E-state index in [0.29, 0.717) is 6.04 Å². The van der Waals surface area contributed by atoms with Gasteiger partial charge in [-0.2, -0.15) is 0 Å². The van der Waals surface area contributed by atoms with Crippen molar-refractivity contribution < 1.29 is 0 Å². The van der Waals surface area contributed by atoms with Crippen molar-refractivity contribution in [2.75, 3.05) is 26.2 Å². The van der Waals surface area contributed by atoms with E-state index in [9.17, 15) is 0 Å². The molecular weight excluding hydrogens is 210 g/mol. The van der Waals surface area contributed by atoms with Crippen LogP contribution in [0, 0.1) is 0 Å². The van der Waals surface area contributed by atoms with Crippen molar-refractivity contribution in [3.8, 4) is 0 Å². The topological polar surface area (TPSA) is 32.5 Å². The van der Waals surface area contributed by atoms with E-state index >= 15 is 0 Å². The molecule has 0 bridgehead atoms. The Bertz CT molecular complexity index is 232. The molecule has 0 radical (unpaired) electrons. The van der Waals surface area contributed by atoms with Crippen molar-refractivity contribution in [2.24, 2.45) is 5.73 Å². The summed E-state index contributed by atoms with van der Waals surface area (Å²) in [6.07, 6.45) is 6.40. The third-order valence-electron chi connectivity index (χ3n) is 4.61. The Labute approximate surface area is 106 Å². The number of hydrogen-bond acceptors (Lipinski definition) is 3. The highest BCUT2D eigenvalue weighted by atomic mass is 15.3. The molecule has 0 amide bonds. The fraction of sp³-hybridized carbons (Fsp3) is 1.00. The fourth-order valence-electron chi connectivity index (χ4n) is 3.32. The Morgan fingerprint density at radius 2 is 2.18 bits per heavy atom. The molecule has 2 saturated heterocycles. The monoisotopic (exact) mass is 239 g/mol. The van der Waals surface area contributed by atoms with E-state index in [4.69, 9.17) is 5.73 Å². The van der Waals surface area contributed by atoms with Gasteiger partial charge < -0.3 is 5.73 Å². The summed E-state index contributed by atoms with van der Waals surface area (Å²) in [4.78, 5) is 5.38. The molecule has 2 aliphatic heterocycles. The zero-order valence-electron chi connectivity index (χ0n) is 11.6. The molecule has 2 N–H and O–H groups in total. The van der Waals surface area contributed by atoms with E-state index in [1.807, 2.05) is 0 Å². The summed E-state index contributed by atoms with van der Waals surface area (Å²) in [7, 11) is 0. The second-order valence-electron chi connectivity index (χ2n) is 5.95. The van der Waals surface area contributed by atoms with Crippen LogP contribution in [0.2, 0.25) is 0 Å². The van der Waals surface area contributed by atoms with Gasteiger partial charge in [-0.05, 0) is 52.1 Å². The molecule has 0 aromatic rings. The second kappa shape index (κ2) is 6.17. The lowest BCUT2D eigenvalue weighted by atomic mass is 10.1. The van der Waals surface area contributed by atoms with Crippen LogP contribution in [0.5, 0.6) is 0 Å². The molecule has 3 heteroatoms. The van der Waals surface area contributed by atoms with Crippen molar-refractivity contribution >= 4 is 0 Å². The van der Waals surface area contributed by atoms with Gasteiger partial charge in [0.1, 0.15) is 0 Å². The van der Waals surface area contributed by atoms with Crippen LogP contribution in [0.3, 0.4) is 0 Å². The first-order valence-corrected chi connectivity index (χ1v) is 7.44. The lowest BCUT2D eigenvalue weighted by Gasteiger charge is -2.42. The smallest absolute Gasteiger partial charge is 0.0224 e. The van der Waals surface area contributed by atoms with Gasteiger partial charge in [-0.1, -0.05) is 6.92 Å². The molecule has 100 valence electrons. The number of nitrogens with zero attached hydrogens (tertiary/aromatic N) is 2. The third-order valence-corrected chi connectivity index (χ3v) is 4.61. The zero-order chi connectivity index (χ0) is 12.3. The van der Waals surface area contributed by atoms with Gasteiger partial charge in [-0.3, -0.25) is 9.80 Å². The maximum Gasteiger partial charge on any atom is 0.0224 e. The standard InChI is InChI=1S/C14H29N3/c1-3-13(15)6-4-8-16-11-14-7-5-9-17(14)10-12(16)2/h12-14H,3-11,15H2,1-2H3. The van der Waals surface area contributed by atoms with Crippen LogP contribution in [0.15, 0.2) is 0 Å². The first kappa shape index (κ1) is 13.3. The Morgan fingerprint density at radius 3 is 2.94 bits per heavy atom. The molecule has 2 aliphatic rings. The average molecular weight is 239 g/mol. The molecule has 2 heterocycles. The zero-order valence-corrected chi connectivity index (χ0v) is 11.6. The summed E-state index contributed by atoms with van der Waals surface area (Å²) in [6.45, 7) is 9.73. The molecule has 2 fully saturated rings. The second-order valence-corrected chi connectivity index (χ2v) is 5.95. The van der Waals surface area contributed by atoms with Crippen LogP contribution in [0.25, 0.3) is 0 Å². The highest BCUT2D eigenvalue weighted by molar-refractivity contribution is 4.90. The van der Waals surface area contributed by atoms with Crippen molar-refractivity contribution in [1.82, 2.24) is 9.80 Å². The SMILES string of the molecule is CCC(N)CCCN1CC2CCCN2CC1C. The van der Waals surface area contributed by atoms with Gasteiger partial charge in [0.25, 0.3) is 0 Å². The normalized spacial score (nSPS) is 32.6. The molecule has 0 spiro atoms. The first-order valence-electron chi connectivity index (χ1n) is 7.44. The van der Waals surface area contributed by atoms with Crippen LogP contribution in [-0.4, -0.2) is 54.1 Å². The molecule has 17 heavy (non-hydrogen) atoms. The number of nitrogens with two attached hydrogens (primary N) is 1. The quantitative estimate of drug-likeness (QED) is 0.792. The van der Waals surface area contributed by atoms with Crippen LogP contribution >= 0.6 is 0 Å². The first-order chi connectivity index (χ1) is 8.20. The largest absolute Gasteiger partial charge is 0.328 e. The molecule has 0 aliphatic carbocycles. The summed E-state index contributed by atoms with van der Waals surface area (Å²) in [6, 6.07) is 2.01. The summed E-state index contributed by atoms with van der Waals surface area (Å²) >= 11 is 0. The molecule has 0 saturated carbocycles. The van der Waals surface area contributed by atoms with Crippen molar-refractivity contribution in [1.29, 1.82) is 0 Å². The van der Waals surface area contributed by atoms with Crippen molar-refractivity contribution in [2.45, 2.75) is 64.1 Å². The Kier molecular flexibility index (Phi) is 4.83. The van der Waals surface area contributed by atoms with E-state index < -0.39 is 0 Å². The predicted molar refractivity (Wildman–Crippen MR) is 73.1 cm³/mol. The van der Waals surface area contributed by atoms with Gasteiger partial charge in [0.15, 0.2) is 0 Å². The Hall–Kier alpha value is -0.120. The van der Waals surface area contributed by atoms with Gasteiger partial charge in [0, 0.05) is 31.2 Å². The average Bonchev–Trinajstić information content (AvgIpc) is 2.76. The highest BCUT2D eigenvalue weighted by Crippen LogP contribution is 2.24. The number of fused-ring (bicyclic) bond motifs is 1. The summed E-state index contributed by atoms with van der Waals surface area (Å²) in [5, 5.41) is 0. The van der Waals surface area contributed by atoms with Gasteiger partial charge in [-0.25, -0.2) is 0 Å². The molecule has 0 aromatic carbocycles. The minimum Gasteiger partial charge on any atom is -0.328 e. The Balaban J connectivity index is 1.73. The van der Waals surface area contributed by atoms with Gasteiger partial charge in [0.2, 0.25) is 0 Å². The minimum absolute atomic E-state index is 0.415.